The van der Waals surface area contributed by atoms with E-state index in [1.54, 1.807) is 0 Å². The van der Waals surface area contributed by atoms with Gasteiger partial charge >= 0.3 is 0 Å². The highest BCUT2D eigenvalue weighted by Gasteiger charge is 2.25. The van der Waals surface area contributed by atoms with Gasteiger partial charge in [-0.05, 0) is 19.4 Å². The molecule has 0 bridgehead atoms. The van der Waals surface area contributed by atoms with Crippen LogP contribution in [0, 0.1) is 29.2 Å². The fraction of sp³-hybridized carbons (Fsp3) is 0.417. The molecule has 1 aliphatic rings. The quantitative estimate of drug-likeness (QED) is 0.642. The lowest BCUT2D eigenvalue weighted by Gasteiger charge is -2.22. The van der Waals surface area contributed by atoms with Crippen LogP contribution in [-0.4, -0.2) is 19.0 Å². The van der Waals surface area contributed by atoms with Gasteiger partial charge in [0.15, 0.2) is 23.3 Å². The predicted molar refractivity (Wildman–Crippen MR) is 60.5 cm³/mol. The van der Waals surface area contributed by atoms with Crippen molar-refractivity contribution >= 4 is 11.6 Å². The van der Waals surface area contributed by atoms with Gasteiger partial charge in [-0.15, -0.1) is 0 Å². The molecule has 1 atom stereocenters. The maximum Gasteiger partial charge on any atom is 0.228 e. The molecular weight excluding hydrogens is 264 g/mol. The highest BCUT2D eigenvalue weighted by Crippen LogP contribution is 2.25. The van der Waals surface area contributed by atoms with Gasteiger partial charge in [0.1, 0.15) is 5.69 Å². The van der Waals surface area contributed by atoms with Crippen molar-refractivity contribution in [3.8, 4) is 0 Å². The third kappa shape index (κ3) is 2.86. The molecule has 19 heavy (non-hydrogen) atoms. The zero-order chi connectivity index (χ0) is 14.0. The highest BCUT2D eigenvalue weighted by molar-refractivity contribution is 5.93. The summed E-state index contributed by atoms with van der Waals surface area (Å²) in [5.41, 5.74) is -1.08. The first-order valence-electron chi connectivity index (χ1n) is 5.85. The minimum absolute atomic E-state index is 0.0997. The molecule has 0 unspecified atom stereocenters. The Kier molecular flexibility index (Phi) is 4.04. The zero-order valence-electron chi connectivity index (χ0n) is 9.90. The molecule has 7 heteroatoms. The predicted octanol–water partition coefficient (Wildman–Crippen LogP) is 2.18. The van der Waals surface area contributed by atoms with E-state index in [0.717, 1.165) is 13.0 Å². The summed E-state index contributed by atoms with van der Waals surface area (Å²) in [7, 11) is 0. The van der Waals surface area contributed by atoms with E-state index in [1.165, 1.54) is 0 Å². The van der Waals surface area contributed by atoms with E-state index in [9.17, 15) is 22.4 Å². The van der Waals surface area contributed by atoms with Gasteiger partial charge in [0.2, 0.25) is 5.91 Å². The third-order valence-electron chi connectivity index (χ3n) is 3.03. The molecule has 0 radical (unpaired) electrons. The van der Waals surface area contributed by atoms with Crippen LogP contribution in [-0.2, 0) is 4.79 Å². The average Bonchev–Trinajstić information content (AvgIpc) is 2.42. The maximum absolute atomic E-state index is 13.4. The Morgan fingerprint density at radius 1 is 1.21 bits per heavy atom. The molecular formula is C12H12F4N2O. The Morgan fingerprint density at radius 3 is 2.37 bits per heavy atom. The number of anilines is 1. The van der Waals surface area contributed by atoms with E-state index in [1.807, 2.05) is 5.32 Å². The fourth-order valence-corrected chi connectivity index (χ4v) is 1.98. The molecule has 1 heterocycles. The van der Waals surface area contributed by atoms with Gasteiger partial charge in [-0.2, -0.15) is 0 Å². The van der Waals surface area contributed by atoms with Gasteiger partial charge in [-0.3, -0.25) is 4.79 Å². The molecule has 1 aromatic rings. The van der Waals surface area contributed by atoms with Crippen molar-refractivity contribution in [2.45, 2.75) is 12.8 Å². The monoisotopic (exact) mass is 276 g/mol. The van der Waals surface area contributed by atoms with Crippen LogP contribution in [0.25, 0.3) is 0 Å². The Bertz CT molecular complexity index is 475. The molecule has 1 aliphatic heterocycles. The summed E-state index contributed by atoms with van der Waals surface area (Å²) < 4.78 is 52.7. The van der Waals surface area contributed by atoms with Crippen LogP contribution in [0.15, 0.2) is 6.07 Å². The van der Waals surface area contributed by atoms with E-state index in [0.29, 0.717) is 13.0 Å². The highest BCUT2D eigenvalue weighted by atomic mass is 19.2. The number of rotatable bonds is 2. The number of amides is 1. The molecule has 2 N–H and O–H groups in total. The Morgan fingerprint density at radius 2 is 1.84 bits per heavy atom. The van der Waals surface area contributed by atoms with Gasteiger partial charge in [0, 0.05) is 12.6 Å². The summed E-state index contributed by atoms with van der Waals surface area (Å²) in [6, 6.07) is 0.0997. The van der Waals surface area contributed by atoms with Crippen molar-refractivity contribution in [2.75, 3.05) is 18.4 Å². The summed E-state index contributed by atoms with van der Waals surface area (Å²) in [4.78, 5) is 11.8. The van der Waals surface area contributed by atoms with Crippen LogP contribution < -0.4 is 10.6 Å². The van der Waals surface area contributed by atoms with Crippen molar-refractivity contribution in [2.24, 2.45) is 5.92 Å². The zero-order valence-corrected chi connectivity index (χ0v) is 9.90. The number of hydrogen-bond donors (Lipinski definition) is 2. The van der Waals surface area contributed by atoms with Crippen molar-refractivity contribution < 1.29 is 22.4 Å². The van der Waals surface area contributed by atoms with Crippen LogP contribution in [0.2, 0.25) is 0 Å². The second-order valence-electron chi connectivity index (χ2n) is 4.38. The fourth-order valence-electron chi connectivity index (χ4n) is 1.98. The van der Waals surface area contributed by atoms with Gasteiger partial charge < -0.3 is 10.6 Å². The molecule has 1 saturated heterocycles. The van der Waals surface area contributed by atoms with Gasteiger partial charge in [-0.1, -0.05) is 0 Å². The third-order valence-corrected chi connectivity index (χ3v) is 3.03. The SMILES string of the molecule is O=C(Nc1c(F)c(F)cc(F)c1F)[C@H]1CCCNC1. The first kappa shape index (κ1) is 13.8. The van der Waals surface area contributed by atoms with Gasteiger partial charge in [0.25, 0.3) is 0 Å². The van der Waals surface area contributed by atoms with E-state index in [4.69, 9.17) is 0 Å². The molecule has 0 aliphatic carbocycles. The summed E-state index contributed by atoms with van der Waals surface area (Å²) in [5.74, 6) is -7.42. The first-order valence-corrected chi connectivity index (χ1v) is 5.85. The van der Waals surface area contributed by atoms with Crippen LogP contribution >= 0.6 is 0 Å². The number of piperidine rings is 1. The van der Waals surface area contributed by atoms with Crippen LogP contribution in [0.1, 0.15) is 12.8 Å². The summed E-state index contributed by atoms with van der Waals surface area (Å²) in [6.45, 7) is 1.13. The van der Waals surface area contributed by atoms with Gasteiger partial charge in [-0.25, -0.2) is 17.6 Å². The van der Waals surface area contributed by atoms with Crippen LogP contribution in [0.5, 0.6) is 0 Å². The molecule has 0 spiro atoms. The van der Waals surface area contributed by atoms with E-state index < -0.39 is 40.8 Å². The normalized spacial score (nSPS) is 19.3. The lowest BCUT2D eigenvalue weighted by molar-refractivity contribution is -0.120. The van der Waals surface area contributed by atoms with Crippen molar-refractivity contribution in [3.05, 3.63) is 29.3 Å². The average molecular weight is 276 g/mol. The molecule has 1 fully saturated rings. The van der Waals surface area contributed by atoms with E-state index in [-0.39, 0.29) is 6.07 Å². The van der Waals surface area contributed by atoms with Gasteiger partial charge in [0.05, 0.1) is 5.92 Å². The first-order chi connectivity index (χ1) is 9.00. The molecule has 2 rings (SSSR count). The summed E-state index contributed by atoms with van der Waals surface area (Å²) in [5, 5.41) is 4.88. The standard InChI is InChI=1S/C12H12F4N2O/c13-7-4-8(14)10(16)11(9(7)15)18-12(19)6-2-1-3-17-5-6/h4,6,17H,1-3,5H2,(H,18,19)/t6-/m0/s1. The number of carbonyl (C=O) groups excluding carboxylic acids is 1. The Labute approximate surface area is 107 Å². The number of carbonyl (C=O) groups is 1. The molecule has 3 nitrogen and oxygen atoms in total. The topological polar surface area (TPSA) is 41.1 Å². The number of hydrogen-bond acceptors (Lipinski definition) is 2. The van der Waals surface area contributed by atoms with Crippen molar-refractivity contribution in [1.82, 2.24) is 5.32 Å². The second-order valence-corrected chi connectivity index (χ2v) is 4.38. The molecule has 0 saturated carbocycles. The molecule has 1 aromatic carbocycles. The molecule has 1 amide bonds. The molecule has 104 valence electrons. The van der Waals surface area contributed by atoms with Crippen LogP contribution in [0.3, 0.4) is 0 Å². The van der Waals surface area contributed by atoms with E-state index >= 15 is 0 Å². The number of halogens is 4. The Hall–Kier alpha value is -1.63. The summed E-state index contributed by atoms with van der Waals surface area (Å²) in [6.07, 6.45) is 1.31. The van der Waals surface area contributed by atoms with E-state index in [2.05, 4.69) is 5.32 Å². The van der Waals surface area contributed by atoms with Crippen molar-refractivity contribution in [1.29, 1.82) is 0 Å². The minimum Gasteiger partial charge on any atom is -0.321 e. The smallest absolute Gasteiger partial charge is 0.228 e. The summed E-state index contributed by atoms with van der Waals surface area (Å²) >= 11 is 0. The lowest BCUT2D eigenvalue weighted by Crippen LogP contribution is -2.37. The largest absolute Gasteiger partial charge is 0.321 e. The lowest BCUT2D eigenvalue weighted by atomic mass is 9.99. The maximum atomic E-state index is 13.4. The van der Waals surface area contributed by atoms with Crippen molar-refractivity contribution in [3.63, 3.8) is 0 Å². The van der Waals surface area contributed by atoms with Crippen LogP contribution in [0.4, 0.5) is 23.2 Å². The number of nitrogens with one attached hydrogen (secondary N) is 2. The minimum atomic E-state index is -1.60. The molecule has 0 aromatic heterocycles. The second kappa shape index (κ2) is 5.56. The Balaban J connectivity index is 2.20. The number of benzene rings is 1.